The first-order valence-corrected chi connectivity index (χ1v) is 10.1. The molecular weight excluding hydrogens is 452 g/mol. The summed E-state index contributed by atoms with van der Waals surface area (Å²) in [6.45, 7) is 0.350. The predicted molar refractivity (Wildman–Crippen MR) is 119 cm³/mol. The summed E-state index contributed by atoms with van der Waals surface area (Å²) in [5, 5.41) is 6.15. The lowest BCUT2D eigenvalue weighted by atomic mass is 10.1. The summed E-state index contributed by atoms with van der Waals surface area (Å²) in [4.78, 5) is 25.5. The van der Waals surface area contributed by atoms with Crippen molar-refractivity contribution in [2.24, 2.45) is 0 Å². The second-order valence-electron chi connectivity index (χ2n) is 6.21. The van der Waals surface area contributed by atoms with Gasteiger partial charge >= 0.3 is 0 Å². The van der Waals surface area contributed by atoms with E-state index in [1.165, 1.54) is 0 Å². The highest BCUT2D eigenvalue weighted by Gasteiger charge is 2.16. The predicted octanol–water partition coefficient (Wildman–Crippen LogP) is 5.19. The molecule has 0 fully saturated rings. The maximum Gasteiger partial charge on any atom is 0.268 e. The average Bonchev–Trinajstić information content (AvgIpc) is 2.74. The molecule has 0 atom stereocenters. The molecule has 0 radical (unpaired) electrons. The summed E-state index contributed by atoms with van der Waals surface area (Å²) < 4.78 is 0.646. The van der Waals surface area contributed by atoms with Crippen LogP contribution in [0.3, 0.4) is 0 Å². The molecule has 29 heavy (non-hydrogen) atoms. The Morgan fingerprint density at radius 3 is 2.24 bits per heavy atom. The molecule has 3 aromatic rings. The second-order valence-corrected chi connectivity index (χ2v) is 7.50. The van der Waals surface area contributed by atoms with Crippen molar-refractivity contribution < 1.29 is 9.59 Å². The third kappa shape index (κ3) is 6.04. The Hall–Kier alpha value is -2.89. The second kappa shape index (κ2) is 10.0. The summed E-state index contributed by atoms with van der Waals surface area (Å²) in [6.07, 6.45) is 1.62. The lowest BCUT2D eigenvalue weighted by Gasteiger charge is -2.12. The van der Waals surface area contributed by atoms with Crippen LogP contribution in [-0.2, 0) is 11.3 Å². The molecule has 0 aliphatic heterocycles. The van der Waals surface area contributed by atoms with Crippen LogP contribution in [0, 0.1) is 0 Å². The topological polar surface area (TPSA) is 58.2 Å². The number of hydrogen-bond acceptors (Lipinski definition) is 2. The smallest absolute Gasteiger partial charge is 0.268 e. The lowest BCUT2D eigenvalue weighted by molar-refractivity contribution is -0.117. The molecule has 2 amide bonds. The van der Waals surface area contributed by atoms with Gasteiger partial charge < -0.3 is 10.6 Å². The van der Waals surface area contributed by atoms with E-state index in [0.29, 0.717) is 21.6 Å². The van der Waals surface area contributed by atoms with Gasteiger partial charge in [-0.1, -0.05) is 66.2 Å². The maximum atomic E-state index is 12.8. The van der Waals surface area contributed by atoms with Gasteiger partial charge in [0.15, 0.2) is 0 Å². The van der Waals surface area contributed by atoms with Crippen molar-refractivity contribution in [3.05, 3.63) is 111 Å². The van der Waals surface area contributed by atoms with Gasteiger partial charge in [-0.2, -0.15) is 0 Å². The highest BCUT2D eigenvalue weighted by molar-refractivity contribution is 9.10. The zero-order valence-electron chi connectivity index (χ0n) is 15.4. The summed E-state index contributed by atoms with van der Waals surface area (Å²) >= 11 is 9.30. The van der Waals surface area contributed by atoms with E-state index in [-0.39, 0.29) is 17.5 Å². The van der Waals surface area contributed by atoms with Crippen molar-refractivity contribution in [2.45, 2.75) is 6.54 Å². The minimum Gasteiger partial charge on any atom is -0.347 e. The summed E-state index contributed by atoms with van der Waals surface area (Å²) in [7, 11) is 0. The Morgan fingerprint density at radius 2 is 1.55 bits per heavy atom. The number of carbonyl (C=O) groups excluding carboxylic acids is 2. The van der Waals surface area contributed by atoms with Crippen molar-refractivity contribution in [3.8, 4) is 0 Å². The first kappa shape index (κ1) is 20.8. The van der Waals surface area contributed by atoms with Crippen LogP contribution in [0.2, 0.25) is 5.02 Å². The first-order chi connectivity index (χ1) is 14.0. The van der Waals surface area contributed by atoms with Crippen LogP contribution >= 0.6 is 27.5 Å². The normalized spacial score (nSPS) is 11.0. The lowest BCUT2D eigenvalue weighted by Crippen LogP contribution is -2.34. The van der Waals surface area contributed by atoms with E-state index >= 15 is 0 Å². The zero-order chi connectivity index (χ0) is 20.6. The van der Waals surface area contributed by atoms with E-state index < -0.39 is 0 Å². The van der Waals surface area contributed by atoms with Crippen LogP contribution in [-0.4, -0.2) is 11.8 Å². The molecule has 3 rings (SSSR count). The van der Waals surface area contributed by atoms with Crippen molar-refractivity contribution in [1.82, 2.24) is 10.6 Å². The number of nitrogens with one attached hydrogen (secondary N) is 2. The van der Waals surface area contributed by atoms with Crippen LogP contribution in [0.5, 0.6) is 0 Å². The van der Waals surface area contributed by atoms with Gasteiger partial charge in [-0.3, -0.25) is 9.59 Å². The molecule has 146 valence electrons. The molecule has 0 spiro atoms. The van der Waals surface area contributed by atoms with Gasteiger partial charge in [-0.15, -0.1) is 0 Å². The number of benzene rings is 3. The zero-order valence-corrected chi connectivity index (χ0v) is 17.7. The monoisotopic (exact) mass is 468 g/mol. The van der Waals surface area contributed by atoms with Crippen molar-refractivity contribution >= 4 is 45.4 Å². The largest absolute Gasteiger partial charge is 0.347 e. The van der Waals surface area contributed by atoms with Crippen LogP contribution in [0.4, 0.5) is 0 Å². The molecule has 0 bridgehead atoms. The standard InChI is InChI=1S/C23H18BrClN2O2/c24-20-9-5-4-8-19(20)22(28)27-21(14-16-10-12-18(25)13-11-16)23(29)26-15-17-6-2-1-3-7-17/h1-14H,15H2,(H,26,29)(H,27,28)/b21-14+. The van der Waals surface area contributed by atoms with Crippen molar-refractivity contribution in [2.75, 3.05) is 0 Å². The SMILES string of the molecule is O=C(NCc1ccccc1)/C(=C\c1ccc(Cl)cc1)NC(=O)c1ccccc1Br. The van der Waals surface area contributed by atoms with E-state index in [4.69, 9.17) is 11.6 Å². The van der Waals surface area contributed by atoms with Gasteiger partial charge in [0.2, 0.25) is 0 Å². The van der Waals surface area contributed by atoms with Gasteiger partial charge in [-0.25, -0.2) is 0 Å². The van der Waals surface area contributed by atoms with Crippen LogP contribution in [0.1, 0.15) is 21.5 Å². The Morgan fingerprint density at radius 1 is 0.897 bits per heavy atom. The molecule has 0 saturated heterocycles. The minimum absolute atomic E-state index is 0.143. The third-order valence-electron chi connectivity index (χ3n) is 4.09. The number of carbonyl (C=O) groups is 2. The van der Waals surface area contributed by atoms with Crippen LogP contribution in [0.15, 0.2) is 89.0 Å². The van der Waals surface area contributed by atoms with E-state index in [0.717, 1.165) is 11.1 Å². The molecule has 0 unspecified atom stereocenters. The summed E-state index contributed by atoms with van der Waals surface area (Å²) in [5.74, 6) is -0.767. The van der Waals surface area contributed by atoms with Gasteiger partial charge in [0, 0.05) is 16.0 Å². The quantitative estimate of drug-likeness (QED) is 0.488. The highest BCUT2D eigenvalue weighted by atomic mass is 79.9. The number of amides is 2. The van der Waals surface area contributed by atoms with E-state index in [1.54, 1.807) is 48.5 Å². The fraction of sp³-hybridized carbons (Fsp3) is 0.0435. The molecule has 0 heterocycles. The van der Waals surface area contributed by atoms with Gasteiger partial charge in [0.25, 0.3) is 11.8 Å². The Labute approximate surface area is 182 Å². The molecule has 0 aliphatic rings. The molecule has 0 saturated carbocycles. The van der Waals surface area contributed by atoms with Gasteiger partial charge in [0.05, 0.1) is 5.56 Å². The fourth-order valence-corrected chi connectivity index (χ4v) is 3.18. The summed E-state index contributed by atoms with van der Waals surface area (Å²) in [5.41, 5.74) is 2.28. The maximum absolute atomic E-state index is 12.8. The van der Waals surface area contributed by atoms with Crippen molar-refractivity contribution in [1.29, 1.82) is 0 Å². The molecule has 0 aliphatic carbocycles. The van der Waals surface area contributed by atoms with E-state index in [9.17, 15) is 9.59 Å². The number of rotatable bonds is 6. The summed E-state index contributed by atoms with van der Waals surface area (Å²) in [6, 6.07) is 23.6. The van der Waals surface area contributed by atoms with Gasteiger partial charge in [-0.05, 0) is 57.4 Å². The molecule has 4 nitrogen and oxygen atoms in total. The van der Waals surface area contributed by atoms with Crippen molar-refractivity contribution in [3.63, 3.8) is 0 Å². The first-order valence-electron chi connectivity index (χ1n) is 8.88. The highest BCUT2D eigenvalue weighted by Crippen LogP contribution is 2.17. The van der Waals surface area contributed by atoms with E-state index in [1.807, 2.05) is 36.4 Å². The Kier molecular flexibility index (Phi) is 7.22. The third-order valence-corrected chi connectivity index (χ3v) is 5.03. The van der Waals surface area contributed by atoms with Crippen LogP contribution < -0.4 is 10.6 Å². The fourth-order valence-electron chi connectivity index (χ4n) is 2.59. The number of hydrogen-bond donors (Lipinski definition) is 2. The van der Waals surface area contributed by atoms with Crippen LogP contribution in [0.25, 0.3) is 6.08 Å². The molecule has 0 aromatic heterocycles. The minimum atomic E-state index is -0.385. The Balaban J connectivity index is 1.82. The average molecular weight is 470 g/mol. The molecule has 2 N–H and O–H groups in total. The van der Waals surface area contributed by atoms with Gasteiger partial charge in [0.1, 0.15) is 5.70 Å². The molecule has 3 aromatic carbocycles. The van der Waals surface area contributed by atoms with E-state index in [2.05, 4.69) is 26.6 Å². The Bertz CT molecular complexity index is 1030. The molecular formula is C23H18BrClN2O2. The molecule has 6 heteroatoms. The number of halogens is 2.